The molecule has 2 rings (SSSR count). The standard InChI is InChI=1S/C13H16FNO2/c14-11-6-2-1-5-10(11)12(16)15-9-13(17)7-3-4-8-13/h1-2,5-6,17H,3-4,7-9H2,(H,15,16). The van der Waals surface area contributed by atoms with Crippen molar-refractivity contribution in [3.8, 4) is 0 Å². The lowest BCUT2D eigenvalue weighted by molar-refractivity contribution is 0.0448. The summed E-state index contributed by atoms with van der Waals surface area (Å²) in [7, 11) is 0. The number of carbonyl (C=O) groups is 1. The first-order valence-corrected chi connectivity index (χ1v) is 5.86. The average Bonchev–Trinajstić information content (AvgIpc) is 2.74. The Labute approximate surface area is 99.7 Å². The third-order valence-corrected chi connectivity index (χ3v) is 3.23. The van der Waals surface area contributed by atoms with E-state index in [1.807, 2.05) is 0 Å². The molecule has 0 spiro atoms. The van der Waals surface area contributed by atoms with Gasteiger partial charge in [0, 0.05) is 6.54 Å². The third-order valence-electron chi connectivity index (χ3n) is 3.23. The van der Waals surface area contributed by atoms with Gasteiger partial charge in [-0.3, -0.25) is 4.79 Å². The minimum Gasteiger partial charge on any atom is -0.388 e. The van der Waals surface area contributed by atoms with Crippen molar-refractivity contribution in [2.45, 2.75) is 31.3 Å². The molecule has 1 aromatic carbocycles. The molecule has 1 aliphatic rings. The Morgan fingerprint density at radius 3 is 2.65 bits per heavy atom. The normalized spacial score (nSPS) is 18.0. The fourth-order valence-corrected chi connectivity index (χ4v) is 2.20. The Bertz CT molecular complexity index is 414. The number of halogens is 1. The maximum atomic E-state index is 13.3. The minimum atomic E-state index is -0.805. The van der Waals surface area contributed by atoms with Crippen LogP contribution in [0.2, 0.25) is 0 Å². The van der Waals surface area contributed by atoms with Gasteiger partial charge in [0.1, 0.15) is 5.82 Å². The van der Waals surface area contributed by atoms with Crippen LogP contribution < -0.4 is 5.32 Å². The van der Waals surface area contributed by atoms with Crippen LogP contribution in [-0.4, -0.2) is 23.2 Å². The molecule has 1 amide bonds. The van der Waals surface area contributed by atoms with E-state index < -0.39 is 17.3 Å². The highest BCUT2D eigenvalue weighted by Crippen LogP contribution is 2.28. The Morgan fingerprint density at radius 2 is 2.00 bits per heavy atom. The molecule has 4 heteroatoms. The van der Waals surface area contributed by atoms with Crippen LogP contribution in [0.15, 0.2) is 24.3 Å². The van der Waals surface area contributed by atoms with Crippen LogP contribution in [0.25, 0.3) is 0 Å². The van der Waals surface area contributed by atoms with E-state index >= 15 is 0 Å². The van der Waals surface area contributed by atoms with Gasteiger partial charge in [-0.25, -0.2) is 4.39 Å². The molecule has 92 valence electrons. The van der Waals surface area contributed by atoms with Gasteiger partial charge in [0.15, 0.2) is 0 Å². The summed E-state index contributed by atoms with van der Waals surface area (Å²) in [4.78, 5) is 11.7. The summed E-state index contributed by atoms with van der Waals surface area (Å²) in [6, 6.07) is 5.83. The number of benzene rings is 1. The number of amides is 1. The van der Waals surface area contributed by atoms with Crippen LogP contribution in [-0.2, 0) is 0 Å². The molecule has 0 saturated heterocycles. The molecule has 2 N–H and O–H groups in total. The van der Waals surface area contributed by atoms with E-state index in [0.29, 0.717) is 12.8 Å². The fraction of sp³-hybridized carbons (Fsp3) is 0.462. The van der Waals surface area contributed by atoms with Gasteiger partial charge in [-0.15, -0.1) is 0 Å². The van der Waals surface area contributed by atoms with Gasteiger partial charge in [-0.05, 0) is 25.0 Å². The van der Waals surface area contributed by atoms with Gasteiger partial charge in [0.25, 0.3) is 5.91 Å². The summed E-state index contributed by atoms with van der Waals surface area (Å²) in [6.45, 7) is 0.195. The first-order chi connectivity index (χ1) is 8.11. The van der Waals surface area contributed by atoms with Gasteiger partial charge in [-0.2, -0.15) is 0 Å². The second-order valence-corrected chi connectivity index (χ2v) is 4.59. The second-order valence-electron chi connectivity index (χ2n) is 4.59. The summed E-state index contributed by atoms with van der Waals surface area (Å²) in [5, 5.41) is 12.6. The summed E-state index contributed by atoms with van der Waals surface area (Å²) >= 11 is 0. The van der Waals surface area contributed by atoms with Crippen molar-refractivity contribution in [2.75, 3.05) is 6.54 Å². The molecule has 1 fully saturated rings. The van der Waals surface area contributed by atoms with Crippen molar-refractivity contribution in [3.63, 3.8) is 0 Å². The molecular formula is C13H16FNO2. The Kier molecular flexibility index (Phi) is 3.43. The number of aliphatic hydroxyl groups is 1. The van der Waals surface area contributed by atoms with Crippen LogP contribution in [0, 0.1) is 5.82 Å². The van der Waals surface area contributed by atoms with Crippen LogP contribution in [0.4, 0.5) is 4.39 Å². The van der Waals surface area contributed by atoms with Crippen molar-refractivity contribution in [1.29, 1.82) is 0 Å². The van der Waals surface area contributed by atoms with Gasteiger partial charge in [0.2, 0.25) is 0 Å². The summed E-state index contributed by atoms with van der Waals surface area (Å²) in [5.41, 5.74) is -0.782. The van der Waals surface area contributed by atoms with Crippen molar-refractivity contribution in [2.24, 2.45) is 0 Å². The number of hydrogen-bond acceptors (Lipinski definition) is 2. The second kappa shape index (κ2) is 4.84. The maximum absolute atomic E-state index is 13.3. The van der Waals surface area contributed by atoms with Gasteiger partial charge in [-0.1, -0.05) is 25.0 Å². The number of rotatable bonds is 3. The summed E-state index contributed by atoms with van der Waals surface area (Å²) < 4.78 is 13.3. The fourth-order valence-electron chi connectivity index (χ4n) is 2.20. The molecule has 0 radical (unpaired) electrons. The van der Waals surface area contributed by atoms with Crippen LogP contribution in [0.3, 0.4) is 0 Å². The number of hydrogen-bond donors (Lipinski definition) is 2. The van der Waals surface area contributed by atoms with E-state index in [2.05, 4.69) is 5.32 Å². The largest absolute Gasteiger partial charge is 0.388 e. The zero-order valence-electron chi connectivity index (χ0n) is 9.58. The SMILES string of the molecule is O=C(NCC1(O)CCCC1)c1ccccc1F. The van der Waals surface area contributed by atoms with Crippen LogP contribution >= 0.6 is 0 Å². The molecule has 0 heterocycles. The van der Waals surface area contributed by atoms with E-state index in [-0.39, 0.29) is 12.1 Å². The Balaban J connectivity index is 1.96. The first-order valence-electron chi connectivity index (χ1n) is 5.86. The quantitative estimate of drug-likeness (QED) is 0.843. The molecule has 17 heavy (non-hydrogen) atoms. The van der Waals surface area contributed by atoms with Crippen LogP contribution in [0.5, 0.6) is 0 Å². The van der Waals surface area contributed by atoms with Gasteiger partial charge in [0.05, 0.1) is 11.2 Å². The van der Waals surface area contributed by atoms with E-state index in [1.165, 1.54) is 18.2 Å². The smallest absolute Gasteiger partial charge is 0.254 e. The van der Waals surface area contributed by atoms with Crippen molar-refractivity contribution < 1.29 is 14.3 Å². The lowest BCUT2D eigenvalue weighted by atomic mass is 10.0. The Morgan fingerprint density at radius 1 is 1.35 bits per heavy atom. The molecule has 0 unspecified atom stereocenters. The number of nitrogens with one attached hydrogen (secondary N) is 1. The maximum Gasteiger partial charge on any atom is 0.254 e. The molecule has 0 bridgehead atoms. The predicted molar refractivity (Wildman–Crippen MR) is 62.2 cm³/mol. The summed E-state index contributed by atoms with van der Waals surface area (Å²) in [5.74, 6) is -1.01. The predicted octanol–water partition coefficient (Wildman–Crippen LogP) is 1.86. The third kappa shape index (κ3) is 2.82. The molecule has 3 nitrogen and oxygen atoms in total. The first kappa shape index (κ1) is 12.0. The Hall–Kier alpha value is -1.42. The van der Waals surface area contributed by atoms with E-state index in [9.17, 15) is 14.3 Å². The lowest BCUT2D eigenvalue weighted by Gasteiger charge is -2.22. The zero-order chi connectivity index (χ0) is 12.3. The van der Waals surface area contributed by atoms with Crippen LogP contribution in [0.1, 0.15) is 36.0 Å². The molecule has 0 aliphatic heterocycles. The molecule has 1 saturated carbocycles. The topological polar surface area (TPSA) is 49.3 Å². The molecule has 1 aliphatic carbocycles. The highest BCUT2D eigenvalue weighted by atomic mass is 19.1. The minimum absolute atomic E-state index is 0.0223. The lowest BCUT2D eigenvalue weighted by Crippen LogP contribution is -2.41. The zero-order valence-corrected chi connectivity index (χ0v) is 9.58. The van der Waals surface area contributed by atoms with Crippen molar-refractivity contribution in [3.05, 3.63) is 35.6 Å². The van der Waals surface area contributed by atoms with Crippen molar-refractivity contribution >= 4 is 5.91 Å². The average molecular weight is 237 g/mol. The van der Waals surface area contributed by atoms with Crippen molar-refractivity contribution in [1.82, 2.24) is 5.32 Å². The molecule has 0 aromatic heterocycles. The molecular weight excluding hydrogens is 221 g/mol. The van der Waals surface area contributed by atoms with E-state index in [1.54, 1.807) is 6.07 Å². The van der Waals surface area contributed by atoms with Gasteiger partial charge < -0.3 is 10.4 Å². The van der Waals surface area contributed by atoms with E-state index in [4.69, 9.17) is 0 Å². The highest BCUT2D eigenvalue weighted by Gasteiger charge is 2.31. The highest BCUT2D eigenvalue weighted by molar-refractivity contribution is 5.94. The number of carbonyl (C=O) groups excluding carboxylic acids is 1. The monoisotopic (exact) mass is 237 g/mol. The molecule has 0 atom stereocenters. The molecule has 1 aromatic rings. The van der Waals surface area contributed by atoms with E-state index in [0.717, 1.165) is 12.8 Å². The summed E-state index contributed by atoms with van der Waals surface area (Å²) in [6.07, 6.45) is 3.35. The van der Waals surface area contributed by atoms with Gasteiger partial charge >= 0.3 is 0 Å².